The third-order valence-corrected chi connectivity index (χ3v) is 7.06. The Hall–Kier alpha value is -3.86. The molecule has 5 nitrogen and oxygen atoms in total. The van der Waals surface area contributed by atoms with Crippen molar-refractivity contribution >= 4 is 17.4 Å². The Morgan fingerprint density at radius 2 is 1.68 bits per heavy atom. The summed E-state index contributed by atoms with van der Waals surface area (Å²) >= 11 is 0. The maximum Gasteiger partial charge on any atom is 0.295 e. The van der Waals surface area contributed by atoms with E-state index < -0.39 is 17.7 Å². The molecule has 198 valence electrons. The van der Waals surface area contributed by atoms with Gasteiger partial charge in [0.2, 0.25) is 0 Å². The molecule has 1 unspecified atom stereocenters. The van der Waals surface area contributed by atoms with Gasteiger partial charge in [0, 0.05) is 12.1 Å². The summed E-state index contributed by atoms with van der Waals surface area (Å²) in [5.41, 5.74) is 5.51. The molecule has 38 heavy (non-hydrogen) atoms. The number of benzene rings is 3. The molecule has 0 radical (unpaired) electrons. The summed E-state index contributed by atoms with van der Waals surface area (Å²) < 4.78 is 5.74. The SMILES string of the molecule is CCCOc1cccc(/C(O)=C2/C(=O)C(=O)N(Cc3cc(C)ccc3C)C2c2ccc(C(C)(C)C)cc2)c1. The molecule has 1 amide bonds. The van der Waals surface area contributed by atoms with Gasteiger partial charge in [0.1, 0.15) is 11.5 Å². The Balaban J connectivity index is 1.85. The first-order valence-electron chi connectivity index (χ1n) is 13.2. The van der Waals surface area contributed by atoms with Crippen molar-refractivity contribution in [1.29, 1.82) is 0 Å². The molecule has 1 saturated heterocycles. The predicted octanol–water partition coefficient (Wildman–Crippen LogP) is 7.01. The number of carbonyl (C=O) groups excluding carboxylic acids is 2. The van der Waals surface area contributed by atoms with Crippen LogP contribution in [0, 0.1) is 13.8 Å². The van der Waals surface area contributed by atoms with E-state index in [1.165, 1.54) is 0 Å². The van der Waals surface area contributed by atoms with E-state index in [2.05, 4.69) is 20.8 Å². The summed E-state index contributed by atoms with van der Waals surface area (Å²) in [6, 6.07) is 20.4. The van der Waals surface area contributed by atoms with Crippen LogP contribution in [-0.4, -0.2) is 28.3 Å². The van der Waals surface area contributed by atoms with Gasteiger partial charge in [-0.25, -0.2) is 0 Å². The zero-order chi connectivity index (χ0) is 27.6. The van der Waals surface area contributed by atoms with E-state index in [0.29, 0.717) is 17.9 Å². The Kier molecular flexibility index (Phi) is 7.77. The first kappa shape index (κ1) is 27.2. The maximum atomic E-state index is 13.5. The van der Waals surface area contributed by atoms with E-state index in [0.717, 1.165) is 34.2 Å². The van der Waals surface area contributed by atoms with Crippen molar-refractivity contribution in [2.75, 3.05) is 6.61 Å². The third kappa shape index (κ3) is 5.52. The molecule has 3 aromatic carbocycles. The molecular weight excluding hydrogens is 474 g/mol. The fraction of sp³-hybridized carbons (Fsp3) is 0.333. The number of aryl methyl sites for hydroxylation is 2. The number of aliphatic hydroxyl groups is 1. The highest BCUT2D eigenvalue weighted by molar-refractivity contribution is 6.46. The third-order valence-electron chi connectivity index (χ3n) is 7.06. The number of Topliss-reactive ketones (excluding diaryl/α,β-unsaturated/α-hetero) is 1. The Labute approximate surface area is 225 Å². The largest absolute Gasteiger partial charge is 0.507 e. The molecule has 1 aliphatic rings. The zero-order valence-corrected chi connectivity index (χ0v) is 23.2. The molecule has 5 heteroatoms. The van der Waals surface area contributed by atoms with Gasteiger partial charge in [-0.2, -0.15) is 0 Å². The molecule has 0 spiro atoms. The smallest absolute Gasteiger partial charge is 0.295 e. The summed E-state index contributed by atoms with van der Waals surface area (Å²) in [5.74, 6) is -0.890. The van der Waals surface area contributed by atoms with Gasteiger partial charge in [-0.05, 0) is 60.1 Å². The van der Waals surface area contributed by atoms with E-state index >= 15 is 0 Å². The van der Waals surface area contributed by atoms with Crippen LogP contribution in [0.4, 0.5) is 0 Å². The minimum absolute atomic E-state index is 0.0437. The highest BCUT2D eigenvalue weighted by Crippen LogP contribution is 2.41. The van der Waals surface area contributed by atoms with Crippen LogP contribution in [0.2, 0.25) is 0 Å². The van der Waals surface area contributed by atoms with Gasteiger partial charge in [-0.15, -0.1) is 0 Å². The lowest BCUT2D eigenvalue weighted by molar-refractivity contribution is -0.140. The standard InChI is InChI=1S/C33H37NO4/c1-7-17-38-27-10-8-9-24(19-27)30(35)28-29(23-13-15-26(16-14-23)33(4,5)6)34(32(37)31(28)36)20-25-18-21(2)11-12-22(25)3/h8-16,18-19,29,35H,7,17,20H2,1-6H3/b30-28-. The molecule has 1 N–H and O–H groups in total. The van der Waals surface area contributed by atoms with E-state index in [9.17, 15) is 14.7 Å². The van der Waals surface area contributed by atoms with Crippen molar-refractivity contribution in [2.24, 2.45) is 0 Å². The zero-order valence-electron chi connectivity index (χ0n) is 23.2. The number of likely N-dealkylation sites (tertiary alicyclic amines) is 1. The predicted molar refractivity (Wildman–Crippen MR) is 151 cm³/mol. The fourth-order valence-corrected chi connectivity index (χ4v) is 4.82. The summed E-state index contributed by atoms with van der Waals surface area (Å²) in [5, 5.41) is 11.5. The second kappa shape index (κ2) is 10.9. The lowest BCUT2D eigenvalue weighted by atomic mass is 9.85. The second-order valence-corrected chi connectivity index (χ2v) is 11.1. The van der Waals surface area contributed by atoms with Crippen molar-refractivity contribution in [3.8, 4) is 5.75 Å². The van der Waals surface area contributed by atoms with Crippen molar-refractivity contribution in [3.63, 3.8) is 0 Å². The molecule has 0 aliphatic carbocycles. The molecule has 1 aliphatic heterocycles. The number of ether oxygens (including phenoxy) is 1. The van der Waals surface area contributed by atoms with Gasteiger partial charge in [-0.1, -0.05) is 87.9 Å². The van der Waals surface area contributed by atoms with Gasteiger partial charge in [0.25, 0.3) is 11.7 Å². The highest BCUT2D eigenvalue weighted by Gasteiger charge is 2.46. The molecule has 1 atom stereocenters. The average Bonchev–Trinajstić information content (AvgIpc) is 3.13. The van der Waals surface area contributed by atoms with Crippen LogP contribution in [0.1, 0.15) is 73.5 Å². The van der Waals surface area contributed by atoms with Crippen molar-refractivity contribution in [2.45, 2.75) is 66.0 Å². The van der Waals surface area contributed by atoms with Crippen LogP contribution in [-0.2, 0) is 21.5 Å². The molecule has 0 aromatic heterocycles. The van der Waals surface area contributed by atoms with Crippen LogP contribution in [0.15, 0.2) is 72.3 Å². The number of nitrogens with zero attached hydrogens (tertiary/aromatic N) is 1. The number of hydrogen-bond acceptors (Lipinski definition) is 4. The molecule has 1 fully saturated rings. The van der Waals surface area contributed by atoms with E-state index in [-0.39, 0.29) is 23.3 Å². The van der Waals surface area contributed by atoms with E-state index in [1.54, 1.807) is 23.1 Å². The van der Waals surface area contributed by atoms with Crippen molar-refractivity contribution in [3.05, 3.63) is 106 Å². The highest BCUT2D eigenvalue weighted by atomic mass is 16.5. The van der Waals surface area contributed by atoms with Gasteiger partial charge < -0.3 is 14.7 Å². The van der Waals surface area contributed by atoms with Crippen LogP contribution in [0.5, 0.6) is 5.75 Å². The lowest BCUT2D eigenvalue weighted by Crippen LogP contribution is -2.29. The van der Waals surface area contributed by atoms with Gasteiger partial charge in [0.15, 0.2) is 0 Å². The summed E-state index contributed by atoms with van der Waals surface area (Å²) in [4.78, 5) is 28.6. The Morgan fingerprint density at radius 3 is 2.34 bits per heavy atom. The summed E-state index contributed by atoms with van der Waals surface area (Å²) in [6.07, 6.45) is 0.851. The molecule has 3 aromatic rings. The summed E-state index contributed by atoms with van der Waals surface area (Å²) in [7, 11) is 0. The van der Waals surface area contributed by atoms with Gasteiger partial charge in [0.05, 0.1) is 18.2 Å². The maximum absolute atomic E-state index is 13.5. The number of ketones is 1. The monoisotopic (exact) mass is 511 g/mol. The Bertz CT molecular complexity index is 1380. The first-order chi connectivity index (χ1) is 18.0. The molecular formula is C33H37NO4. The van der Waals surface area contributed by atoms with E-state index in [1.807, 2.05) is 69.3 Å². The normalized spacial score (nSPS) is 17.2. The summed E-state index contributed by atoms with van der Waals surface area (Å²) in [6.45, 7) is 13.3. The van der Waals surface area contributed by atoms with Crippen LogP contribution >= 0.6 is 0 Å². The van der Waals surface area contributed by atoms with Crippen molar-refractivity contribution < 1.29 is 19.4 Å². The van der Waals surface area contributed by atoms with Crippen LogP contribution in [0.3, 0.4) is 0 Å². The first-order valence-corrected chi connectivity index (χ1v) is 13.2. The minimum atomic E-state index is -0.718. The van der Waals surface area contributed by atoms with Crippen molar-refractivity contribution in [1.82, 2.24) is 4.90 Å². The topological polar surface area (TPSA) is 66.8 Å². The Morgan fingerprint density at radius 1 is 0.974 bits per heavy atom. The fourth-order valence-electron chi connectivity index (χ4n) is 4.82. The van der Waals surface area contributed by atoms with Gasteiger partial charge >= 0.3 is 0 Å². The molecule has 4 rings (SSSR count). The van der Waals surface area contributed by atoms with Crippen LogP contribution < -0.4 is 4.74 Å². The van der Waals surface area contributed by atoms with E-state index in [4.69, 9.17) is 4.74 Å². The van der Waals surface area contributed by atoms with Gasteiger partial charge in [-0.3, -0.25) is 9.59 Å². The quantitative estimate of drug-likeness (QED) is 0.210. The minimum Gasteiger partial charge on any atom is -0.507 e. The number of aliphatic hydroxyl groups excluding tert-OH is 1. The number of hydrogen-bond donors (Lipinski definition) is 1. The second-order valence-electron chi connectivity index (χ2n) is 11.1. The number of carbonyl (C=O) groups is 2. The molecule has 0 bridgehead atoms. The molecule has 1 heterocycles. The number of amides is 1. The molecule has 0 saturated carbocycles. The van der Waals surface area contributed by atoms with Crippen LogP contribution in [0.25, 0.3) is 5.76 Å². The lowest BCUT2D eigenvalue weighted by Gasteiger charge is -2.27. The average molecular weight is 512 g/mol. The number of rotatable bonds is 7.